The van der Waals surface area contributed by atoms with Crippen LogP contribution in [0.3, 0.4) is 0 Å². The molecule has 1 aliphatic rings. The lowest BCUT2D eigenvalue weighted by Crippen LogP contribution is -2.37. The number of anilines is 3. The molecule has 0 bridgehead atoms. The quantitative estimate of drug-likeness (QED) is 0.773. The second kappa shape index (κ2) is 6.86. The Kier molecular flexibility index (Phi) is 4.26. The zero-order valence-corrected chi connectivity index (χ0v) is 13.8. The summed E-state index contributed by atoms with van der Waals surface area (Å²) in [5.74, 6) is 2.06. The molecule has 128 valence electrons. The number of hydrogen-bond donors (Lipinski definition) is 1. The van der Waals surface area contributed by atoms with Crippen molar-refractivity contribution in [2.45, 2.75) is 0 Å². The van der Waals surface area contributed by atoms with E-state index in [4.69, 9.17) is 9.47 Å². The molecule has 0 spiro atoms. The second-order valence-electron chi connectivity index (χ2n) is 5.55. The van der Waals surface area contributed by atoms with E-state index in [1.54, 1.807) is 19.5 Å². The highest BCUT2D eigenvalue weighted by Gasteiger charge is 2.17. The third-order valence-corrected chi connectivity index (χ3v) is 3.97. The molecule has 2 aromatic heterocycles. The summed E-state index contributed by atoms with van der Waals surface area (Å²) >= 11 is 0. The van der Waals surface area contributed by atoms with Crippen molar-refractivity contribution in [3.05, 3.63) is 36.7 Å². The maximum Gasteiger partial charge on any atom is 0.229 e. The van der Waals surface area contributed by atoms with Gasteiger partial charge in [0, 0.05) is 31.2 Å². The van der Waals surface area contributed by atoms with Crippen LogP contribution in [0.15, 0.2) is 36.7 Å². The van der Waals surface area contributed by atoms with Gasteiger partial charge in [-0.25, -0.2) is 9.97 Å². The number of nitrogens with one attached hydrogen (secondary N) is 1. The number of ether oxygens (including phenoxy) is 2. The molecule has 0 aliphatic carbocycles. The van der Waals surface area contributed by atoms with E-state index in [0.717, 1.165) is 24.5 Å². The zero-order valence-electron chi connectivity index (χ0n) is 13.8. The molecule has 1 N–H and O–H groups in total. The van der Waals surface area contributed by atoms with E-state index in [-0.39, 0.29) is 0 Å². The van der Waals surface area contributed by atoms with Crippen LogP contribution in [0, 0.1) is 0 Å². The van der Waals surface area contributed by atoms with Crippen LogP contribution in [0.5, 0.6) is 5.75 Å². The van der Waals surface area contributed by atoms with Gasteiger partial charge in [-0.05, 0) is 24.3 Å². The van der Waals surface area contributed by atoms with Gasteiger partial charge in [-0.3, -0.25) is 0 Å². The fraction of sp³-hybridized carbons (Fsp3) is 0.294. The number of benzene rings is 1. The molecule has 1 aliphatic heterocycles. The number of hydrogen-bond acceptors (Lipinski definition) is 8. The van der Waals surface area contributed by atoms with Crippen LogP contribution in [0.2, 0.25) is 0 Å². The van der Waals surface area contributed by atoms with E-state index in [9.17, 15) is 0 Å². The van der Waals surface area contributed by atoms with E-state index >= 15 is 0 Å². The SMILES string of the molecule is COc1ccc(Nc2nc(N3CCOCC3)nc3nccnc23)cc1. The van der Waals surface area contributed by atoms with Crippen LogP contribution in [-0.4, -0.2) is 53.3 Å². The Morgan fingerprint density at radius 1 is 1.04 bits per heavy atom. The Labute approximate surface area is 144 Å². The zero-order chi connectivity index (χ0) is 17.1. The standard InChI is InChI=1S/C17H18N6O2/c1-24-13-4-2-12(3-5-13)20-16-14-15(19-7-6-18-14)21-17(22-16)23-8-10-25-11-9-23/h2-7H,8-11H2,1H3,(H,19,20,21,22). The summed E-state index contributed by atoms with van der Waals surface area (Å²) in [7, 11) is 1.64. The Bertz CT molecular complexity index is 865. The molecule has 8 heteroatoms. The van der Waals surface area contributed by atoms with Gasteiger partial charge in [0.1, 0.15) is 5.75 Å². The number of methoxy groups -OCH3 is 1. The van der Waals surface area contributed by atoms with Crippen molar-refractivity contribution < 1.29 is 9.47 Å². The number of nitrogens with zero attached hydrogens (tertiary/aromatic N) is 5. The fourth-order valence-corrected chi connectivity index (χ4v) is 2.66. The molecule has 3 heterocycles. The highest BCUT2D eigenvalue weighted by atomic mass is 16.5. The maximum atomic E-state index is 5.40. The average Bonchev–Trinajstić information content (AvgIpc) is 2.69. The molecule has 1 saturated heterocycles. The van der Waals surface area contributed by atoms with Gasteiger partial charge in [0.05, 0.1) is 20.3 Å². The molecule has 25 heavy (non-hydrogen) atoms. The summed E-state index contributed by atoms with van der Waals surface area (Å²) < 4.78 is 10.6. The van der Waals surface area contributed by atoms with Crippen LogP contribution >= 0.6 is 0 Å². The molecular formula is C17H18N6O2. The summed E-state index contributed by atoms with van der Waals surface area (Å²) in [5, 5.41) is 3.31. The number of morpholine rings is 1. The first-order valence-electron chi connectivity index (χ1n) is 8.06. The molecular weight excluding hydrogens is 320 g/mol. The minimum absolute atomic E-state index is 0.565. The topological polar surface area (TPSA) is 85.3 Å². The van der Waals surface area contributed by atoms with Crippen molar-refractivity contribution in [1.29, 1.82) is 0 Å². The van der Waals surface area contributed by atoms with Gasteiger partial charge < -0.3 is 19.7 Å². The van der Waals surface area contributed by atoms with E-state index in [0.29, 0.717) is 36.1 Å². The lowest BCUT2D eigenvalue weighted by atomic mass is 10.3. The molecule has 8 nitrogen and oxygen atoms in total. The van der Waals surface area contributed by atoms with Gasteiger partial charge in [0.25, 0.3) is 0 Å². The van der Waals surface area contributed by atoms with Gasteiger partial charge in [-0.15, -0.1) is 0 Å². The van der Waals surface area contributed by atoms with Crippen LogP contribution < -0.4 is 15.0 Å². The summed E-state index contributed by atoms with van der Waals surface area (Å²) in [6.45, 7) is 2.85. The first-order valence-corrected chi connectivity index (χ1v) is 8.06. The second-order valence-corrected chi connectivity index (χ2v) is 5.55. The van der Waals surface area contributed by atoms with Crippen molar-refractivity contribution in [3.63, 3.8) is 0 Å². The Morgan fingerprint density at radius 2 is 1.80 bits per heavy atom. The third kappa shape index (κ3) is 3.29. The molecule has 1 fully saturated rings. The highest BCUT2D eigenvalue weighted by Crippen LogP contribution is 2.25. The first kappa shape index (κ1) is 15.5. The van der Waals surface area contributed by atoms with Crippen LogP contribution in [0.4, 0.5) is 17.5 Å². The van der Waals surface area contributed by atoms with Crippen molar-refractivity contribution >= 4 is 28.6 Å². The molecule has 0 atom stereocenters. The lowest BCUT2D eigenvalue weighted by Gasteiger charge is -2.27. The van der Waals surface area contributed by atoms with Gasteiger partial charge in [-0.2, -0.15) is 9.97 Å². The average molecular weight is 338 g/mol. The number of rotatable bonds is 4. The van der Waals surface area contributed by atoms with E-state index < -0.39 is 0 Å². The minimum Gasteiger partial charge on any atom is -0.497 e. The predicted molar refractivity (Wildman–Crippen MR) is 94.4 cm³/mol. The summed E-state index contributed by atoms with van der Waals surface area (Å²) in [4.78, 5) is 20.0. The Balaban J connectivity index is 1.72. The normalized spacial score (nSPS) is 14.5. The van der Waals surface area contributed by atoms with Crippen LogP contribution in [-0.2, 0) is 4.74 Å². The van der Waals surface area contributed by atoms with Gasteiger partial charge >= 0.3 is 0 Å². The van der Waals surface area contributed by atoms with Crippen molar-refractivity contribution in [3.8, 4) is 5.75 Å². The molecule has 0 unspecified atom stereocenters. The summed E-state index contributed by atoms with van der Waals surface area (Å²) in [6.07, 6.45) is 3.27. The molecule has 3 aromatic rings. The van der Waals surface area contributed by atoms with Crippen LogP contribution in [0.1, 0.15) is 0 Å². The highest BCUT2D eigenvalue weighted by molar-refractivity contribution is 5.85. The summed E-state index contributed by atoms with van der Waals surface area (Å²) in [5.41, 5.74) is 2.09. The maximum absolute atomic E-state index is 5.40. The minimum atomic E-state index is 0.565. The fourth-order valence-electron chi connectivity index (χ4n) is 2.66. The molecule has 1 aromatic carbocycles. The molecule has 0 saturated carbocycles. The van der Waals surface area contributed by atoms with Gasteiger partial charge in [0.15, 0.2) is 17.0 Å². The van der Waals surface area contributed by atoms with E-state index in [2.05, 4.69) is 30.2 Å². The first-order chi connectivity index (χ1) is 12.3. The largest absolute Gasteiger partial charge is 0.497 e. The molecule has 0 amide bonds. The Hall–Kier alpha value is -3.00. The number of fused-ring (bicyclic) bond motifs is 1. The summed E-state index contributed by atoms with van der Waals surface area (Å²) in [6, 6.07) is 7.63. The lowest BCUT2D eigenvalue weighted by molar-refractivity contribution is 0.122. The van der Waals surface area contributed by atoms with Crippen molar-refractivity contribution in [1.82, 2.24) is 19.9 Å². The van der Waals surface area contributed by atoms with Gasteiger partial charge in [-0.1, -0.05) is 0 Å². The molecule has 0 radical (unpaired) electrons. The van der Waals surface area contributed by atoms with Crippen molar-refractivity contribution in [2.24, 2.45) is 0 Å². The van der Waals surface area contributed by atoms with Crippen molar-refractivity contribution in [2.75, 3.05) is 43.6 Å². The smallest absolute Gasteiger partial charge is 0.229 e. The van der Waals surface area contributed by atoms with E-state index in [1.165, 1.54) is 0 Å². The number of aromatic nitrogens is 4. The monoisotopic (exact) mass is 338 g/mol. The van der Waals surface area contributed by atoms with E-state index in [1.807, 2.05) is 24.3 Å². The predicted octanol–water partition coefficient (Wildman–Crippen LogP) is 2.01. The Morgan fingerprint density at radius 3 is 2.56 bits per heavy atom. The van der Waals surface area contributed by atoms with Crippen LogP contribution in [0.25, 0.3) is 11.2 Å². The molecule has 4 rings (SSSR count). The third-order valence-electron chi connectivity index (χ3n) is 3.97. The van der Waals surface area contributed by atoms with Gasteiger partial charge in [0.2, 0.25) is 5.95 Å².